The lowest BCUT2D eigenvalue weighted by molar-refractivity contribution is -0.116. The molecule has 0 unspecified atom stereocenters. The van der Waals surface area contributed by atoms with Gasteiger partial charge in [-0.3, -0.25) is 9.59 Å². The van der Waals surface area contributed by atoms with Gasteiger partial charge in [0.15, 0.2) is 0 Å². The van der Waals surface area contributed by atoms with E-state index in [0.717, 1.165) is 0 Å². The first-order chi connectivity index (χ1) is 11.0. The number of nitrogens with one attached hydrogen (secondary N) is 1. The average Bonchev–Trinajstić information content (AvgIpc) is 2.52. The molecule has 0 spiro atoms. The smallest absolute Gasteiger partial charge is 0.254 e. The Bertz CT molecular complexity index is 702. The van der Waals surface area contributed by atoms with Crippen LogP contribution in [0.1, 0.15) is 17.3 Å². The van der Waals surface area contributed by atoms with Crippen LogP contribution in [0.2, 0.25) is 0 Å². The van der Waals surface area contributed by atoms with E-state index in [0.29, 0.717) is 5.69 Å². The van der Waals surface area contributed by atoms with Crippen molar-refractivity contribution in [1.82, 2.24) is 5.32 Å². The largest absolute Gasteiger partial charge is 0.350 e. The van der Waals surface area contributed by atoms with E-state index in [1.807, 2.05) is 0 Å². The maximum atomic E-state index is 13.5. The van der Waals surface area contributed by atoms with Crippen LogP contribution in [0.15, 0.2) is 48.5 Å². The van der Waals surface area contributed by atoms with Gasteiger partial charge < -0.3 is 10.2 Å². The Morgan fingerprint density at radius 3 is 2.30 bits per heavy atom. The maximum Gasteiger partial charge on any atom is 0.254 e. The van der Waals surface area contributed by atoms with E-state index in [1.54, 1.807) is 6.07 Å². The van der Waals surface area contributed by atoms with E-state index < -0.39 is 17.5 Å². The molecule has 0 fully saturated rings. The second-order valence-corrected chi connectivity index (χ2v) is 4.88. The van der Waals surface area contributed by atoms with Crippen LogP contribution in [0.25, 0.3) is 0 Å². The lowest BCUT2D eigenvalue weighted by Crippen LogP contribution is -2.37. The van der Waals surface area contributed by atoms with Crippen LogP contribution in [0.3, 0.4) is 0 Å². The molecule has 2 amide bonds. The first kappa shape index (κ1) is 16.6. The van der Waals surface area contributed by atoms with Crippen LogP contribution in [0.5, 0.6) is 0 Å². The number of halogens is 2. The van der Waals surface area contributed by atoms with Gasteiger partial charge >= 0.3 is 0 Å². The van der Waals surface area contributed by atoms with E-state index >= 15 is 0 Å². The molecule has 0 heterocycles. The lowest BCUT2D eigenvalue weighted by atomic mass is 10.2. The van der Waals surface area contributed by atoms with Crippen molar-refractivity contribution in [3.8, 4) is 0 Å². The third kappa shape index (κ3) is 4.35. The molecule has 2 aromatic rings. The van der Waals surface area contributed by atoms with Gasteiger partial charge in [0.25, 0.3) is 5.91 Å². The van der Waals surface area contributed by atoms with Crippen molar-refractivity contribution >= 4 is 17.5 Å². The van der Waals surface area contributed by atoms with E-state index in [4.69, 9.17) is 0 Å². The Morgan fingerprint density at radius 2 is 1.70 bits per heavy atom. The Morgan fingerprint density at radius 1 is 1.04 bits per heavy atom. The van der Waals surface area contributed by atoms with Crippen molar-refractivity contribution in [2.75, 3.05) is 18.0 Å². The highest BCUT2D eigenvalue weighted by Gasteiger charge is 2.14. The highest BCUT2D eigenvalue weighted by Crippen LogP contribution is 2.14. The molecule has 4 nitrogen and oxygen atoms in total. The highest BCUT2D eigenvalue weighted by molar-refractivity contribution is 5.95. The minimum absolute atomic E-state index is 0.0522. The Kier molecular flexibility index (Phi) is 5.41. The number of nitrogens with zero attached hydrogens (tertiary/aromatic N) is 1. The Hall–Kier alpha value is -2.76. The fraction of sp³-hybridized carbons (Fsp3) is 0.176. The molecule has 0 saturated heterocycles. The third-order valence-electron chi connectivity index (χ3n) is 3.26. The summed E-state index contributed by atoms with van der Waals surface area (Å²) < 4.78 is 26.4. The van der Waals surface area contributed by atoms with E-state index in [9.17, 15) is 18.4 Å². The summed E-state index contributed by atoms with van der Waals surface area (Å²) in [5.41, 5.74) is 0.475. The number of amides is 2. The SMILES string of the molecule is CC(=O)N(CCNC(=O)c1ccccc1F)c1ccc(F)cc1. The monoisotopic (exact) mass is 318 g/mol. The summed E-state index contributed by atoms with van der Waals surface area (Å²) in [6.07, 6.45) is 0. The van der Waals surface area contributed by atoms with Crippen LogP contribution < -0.4 is 10.2 Å². The first-order valence-corrected chi connectivity index (χ1v) is 7.05. The van der Waals surface area contributed by atoms with Gasteiger partial charge in [-0.25, -0.2) is 8.78 Å². The van der Waals surface area contributed by atoms with Crippen molar-refractivity contribution in [3.05, 3.63) is 65.7 Å². The van der Waals surface area contributed by atoms with Crippen molar-refractivity contribution in [2.24, 2.45) is 0 Å². The van der Waals surface area contributed by atoms with Crippen molar-refractivity contribution in [2.45, 2.75) is 6.92 Å². The molecule has 0 aromatic heterocycles. The molecule has 0 saturated carbocycles. The molecule has 6 heteroatoms. The van der Waals surface area contributed by atoms with Gasteiger partial charge in [0.1, 0.15) is 11.6 Å². The zero-order chi connectivity index (χ0) is 16.8. The fourth-order valence-electron chi connectivity index (χ4n) is 2.11. The maximum absolute atomic E-state index is 13.5. The van der Waals surface area contributed by atoms with Gasteiger partial charge in [0.05, 0.1) is 5.56 Å². The summed E-state index contributed by atoms with van der Waals surface area (Å²) in [5, 5.41) is 2.56. The zero-order valence-electron chi connectivity index (χ0n) is 12.6. The summed E-state index contributed by atoms with van der Waals surface area (Å²) in [6, 6.07) is 11.1. The molecule has 0 aliphatic carbocycles. The summed E-state index contributed by atoms with van der Waals surface area (Å²) >= 11 is 0. The quantitative estimate of drug-likeness (QED) is 0.921. The van der Waals surface area contributed by atoms with Crippen molar-refractivity contribution in [1.29, 1.82) is 0 Å². The fourth-order valence-corrected chi connectivity index (χ4v) is 2.11. The molecule has 120 valence electrons. The molecule has 0 aliphatic heterocycles. The normalized spacial score (nSPS) is 10.2. The summed E-state index contributed by atoms with van der Waals surface area (Å²) in [6.45, 7) is 1.72. The predicted molar refractivity (Wildman–Crippen MR) is 83.2 cm³/mol. The number of hydrogen-bond acceptors (Lipinski definition) is 2. The molecule has 0 aliphatic rings. The second kappa shape index (κ2) is 7.49. The van der Waals surface area contributed by atoms with Gasteiger partial charge in [-0.1, -0.05) is 12.1 Å². The van der Waals surface area contributed by atoms with Gasteiger partial charge in [0.2, 0.25) is 5.91 Å². The third-order valence-corrected chi connectivity index (χ3v) is 3.26. The molecule has 0 atom stereocenters. The Balaban J connectivity index is 1.97. The lowest BCUT2D eigenvalue weighted by Gasteiger charge is -2.21. The van der Waals surface area contributed by atoms with Crippen molar-refractivity contribution in [3.63, 3.8) is 0 Å². The van der Waals surface area contributed by atoms with Gasteiger partial charge in [-0.2, -0.15) is 0 Å². The molecule has 23 heavy (non-hydrogen) atoms. The van der Waals surface area contributed by atoms with Crippen LogP contribution >= 0.6 is 0 Å². The molecule has 0 bridgehead atoms. The molecular formula is C17H16F2N2O2. The molecule has 0 radical (unpaired) electrons. The minimum atomic E-state index is -0.605. The predicted octanol–water partition coefficient (Wildman–Crippen LogP) is 2.75. The summed E-state index contributed by atoms with van der Waals surface area (Å²) in [5.74, 6) is -1.79. The summed E-state index contributed by atoms with van der Waals surface area (Å²) in [7, 11) is 0. The van der Waals surface area contributed by atoms with Gasteiger partial charge in [-0.15, -0.1) is 0 Å². The van der Waals surface area contributed by atoms with Crippen LogP contribution in [0, 0.1) is 11.6 Å². The molecule has 2 rings (SSSR count). The molecule has 2 aromatic carbocycles. The summed E-state index contributed by atoms with van der Waals surface area (Å²) in [4.78, 5) is 25.0. The molecular weight excluding hydrogens is 302 g/mol. The second-order valence-electron chi connectivity index (χ2n) is 4.88. The highest BCUT2D eigenvalue weighted by atomic mass is 19.1. The van der Waals surface area contributed by atoms with Gasteiger partial charge in [0, 0.05) is 25.7 Å². The number of anilines is 1. The Labute approximate surface area is 132 Å². The van der Waals surface area contributed by atoms with Gasteiger partial charge in [-0.05, 0) is 36.4 Å². The van der Waals surface area contributed by atoms with E-state index in [-0.39, 0.29) is 24.6 Å². The average molecular weight is 318 g/mol. The topological polar surface area (TPSA) is 49.4 Å². The first-order valence-electron chi connectivity index (χ1n) is 7.05. The van der Waals surface area contributed by atoms with E-state index in [2.05, 4.69) is 5.32 Å². The number of benzene rings is 2. The number of carbonyl (C=O) groups excluding carboxylic acids is 2. The minimum Gasteiger partial charge on any atom is -0.350 e. The standard InChI is InChI=1S/C17H16F2N2O2/c1-12(22)21(14-8-6-13(18)7-9-14)11-10-20-17(23)15-4-2-3-5-16(15)19/h2-9H,10-11H2,1H3,(H,20,23). The van der Waals surface area contributed by atoms with Crippen LogP contribution in [-0.4, -0.2) is 24.9 Å². The molecule has 1 N–H and O–H groups in total. The number of carbonyl (C=O) groups is 2. The van der Waals surface area contributed by atoms with Crippen LogP contribution in [-0.2, 0) is 4.79 Å². The van der Waals surface area contributed by atoms with E-state index in [1.165, 1.54) is 54.3 Å². The number of rotatable bonds is 5. The number of hydrogen-bond donors (Lipinski definition) is 1. The van der Waals surface area contributed by atoms with Crippen molar-refractivity contribution < 1.29 is 18.4 Å². The van der Waals surface area contributed by atoms with Crippen LogP contribution in [0.4, 0.5) is 14.5 Å². The zero-order valence-corrected chi connectivity index (χ0v) is 12.6.